The van der Waals surface area contributed by atoms with Gasteiger partial charge in [-0.25, -0.2) is 4.79 Å². The quantitative estimate of drug-likeness (QED) is 0.615. The van der Waals surface area contributed by atoms with Gasteiger partial charge in [0.25, 0.3) is 0 Å². The maximum absolute atomic E-state index is 11.9. The molecule has 2 rings (SSSR count). The number of carbonyl (C=O) groups excluding carboxylic acids is 1. The molecule has 0 aromatic heterocycles. The van der Waals surface area contributed by atoms with Gasteiger partial charge >= 0.3 is 6.03 Å². The van der Waals surface area contributed by atoms with Crippen LogP contribution in [0.1, 0.15) is 24.4 Å². The second-order valence-electron chi connectivity index (χ2n) is 4.51. The van der Waals surface area contributed by atoms with E-state index >= 15 is 0 Å². The van der Waals surface area contributed by atoms with E-state index in [2.05, 4.69) is 34.0 Å². The van der Waals surface area contributed by atoms with Crippen LogP contribution in [0, 0.1) is 0 Å². The van der Waals surface area contributed by atoms with Crippen LogP contribution < -0.4 is 10.1 Å². The SMILES string of the molecule is COc1ccccc1C(CCCI)N1CCNC1=O. The van der Waals surface area contributed by atoms with Gasteiger partial charge in [0.2, 0.25) is 0 Å². The number of alkyl halides is 1. The Morgan fingerprint density at radius 1 is 1.47 bits per heavy atom. The van der Waals surface area contributed by atoms with Crippen LogP contribution in [0.2, 0.25) is 0 Å². The normalized spacial score (nSPS) is 16.3. The summed E-state index contributed by atoms with van der Waals surface area (Å²) in [6, 6.07) is 8.12. The molecular weight excluding hydrogens is 355 g/mol. The van der Waals surface area contributed by atoms with Crippen molar-refractivity contribution in [3.63, 3.8) is 0 Å². The fraction of sp³-hybridized carbons (Fsp3) is 0.500. The summed E-state index contributed by atoms with van der Waals surface area (Å²) in [5.41, 5.74) is 1.10. The number of urea groups is 1. The minimum atomic E-state index is 0.0318. The van der Waals surface area contributed by atoms with Gasteiger partial charge in [-0.3, -0.25) is 0 Å². The van der Waals surface area contributed by atoms with Crippen molar-refractivity contribution in [2.24, 2.45) is 0 Å². The molecule has 1 atom stereocenters. The lowest BCUT2D eigenvalue weighted by atomic mass is 10.00. The third kappa shape index (κ3) is 3.32. The fourth-order valence-corrected chi connectivity index (χ4v) is 2.92. The first-order valence-electron chi connectivity index (χ1n) is 6.51. The van der Waals surface area contributed by atoms with Gasteiger partial charge in [0.05, 0.1) is 13.2 Å². The number of hydrogen-bond donors (Lipinski definition) is 1. The van der Waals surface area contributed by atoms with Crippen LogP contribution >= 0.6 is 22.6 Å². The Labute approximate surface area is 127 Å². The molecule has 1 heterocycles. The van der Waals surface area contributed by atoms with E-state index in [1.165, 1.54) is 0 Å². The average Bonchev–Trinajstić information content (AvgIpc) is 2.86. The molecule has 1 aromatic rings. The van der Waals surface area contributed by atoms with E-state index in [0.717, 1.165) is 41.7 Å². The van der Waals surface area contributed by atoms with E-state index in [9.17, 15) is 4.79 Å². The molecule has 4 nitrogen and oxygen atoms in total. The average molecular weight is 374 g/mol. The van der Waals surface area contributed by atoms with Crippen molar-refractivity contribution in [3.05, 3.63) is 29.8 Å². The second-order valence-corrected chi connectivity index (χ2v) is 5.59. The molecule has 5 heteroatoms. The van der Waals surface area contributed by atoms with E-state index in [0.29, 0.717) is 0 Å². The first-order valence-corrected chi connectivity index (χ1v) is 8.04. The highest BCUT2D eigenvalue weighted by Gasteiger charge is 2.30. The number of nitrogens with zero attached hydrogens (tertiary/aromatic N) is 1. The number of methoxy groups -OCH3 is 1. The number of nitrogens with one attached hydrogen (secondary N) is 1. The van der Waals surface area contributed by atoms with Gasteiger partial charge in [-0.05, 0) is 23.3 Å². The molecule has 1 unspecified atom stereocenters. The number of para-hydroxylation sites is 1. The highest BCUT2D eigenvalue weighted by molar-refractivity contribution is 14.1. The molecule has 0 saturated carbocycles. The summed E-state index contributed by atoms with van der Waals surface area (Å²) < 4.78 is 6.54. The van der Waals surface area contributed by atoms with Crippen LogP contribution in [0.3, 0.4) is 0 Å². The van der Waals surface area contributed by atoms with Crippen LogP contribution in [0.15, 0.2) is 24.3 Å². The van der Waals surface area contributed by atoms with Crippen LogP contribution in [-0.2, 0) is 0 Å². The fourth-order valence-electron chi connectivity index (χ4n) is 2.48. The molecule has 0 spiro atoms. The summed E-state index contributed by atoms with van der Waals surface area (Å²) in [6.07, 6.45) is 2.06. The first-order chi connectivity index (χ1) is 9.27. The summed E-state index contributed by atoms with van der Waals surface area (Å²) >= 11 is 2.38. The van der Waals surface area contributed by atoms with Crippen molar-refractivity contribution in [2.45, 2.75) is 18.9 Å². The van der Waals surface area contributed by atoms with Gasteiger partial charge in [-0.1, -0.05) is 40.8 Å². The maximum atomic E-state index is 11.9. The maximum Gasteiger partial charge on any atom is 0.318 e. The number of hydrogen-bond acceptors (Lipinski definition) is 2. The van der Waals surface area contributed by atoms with Gasteiger partial charge < -0.3 is 15.0 Å². The molecule has 1 aromatic carbocycles. The Morgan fingerprint density at radius 3 is 2.89 bits per heavy atom. The van der Waals surface area contributed by atoms with Crippen molar-refractivity contribution in [1.29, 1.82) is 0 Å². The number of amides is 2. The monoisotopic (exact) mass is 374 g/mol. The van der Waals surface area contributed by atoms with E-state index in [1.54, 1.807) is 7.11 Å². The Morgan fingerprint density at radius 2 is 2.26 bits per heavy atom. The molecule has 1 N–H and O–H groups in total. The molecule has 0 radical (unpaired) electrons. The standard InChI is InChI=1S/C14H19IN2O2/c1-19-13-7-3-2-5-11(13)12(6-4-8-15)17-10-9-16-14(17)18/h2-3,5,7,12H,4,6,8-10H2,1H3,(H,16,18). The molecule has 1 fully saturated rings. The predicted molar refractivity (Wildman–Crippen MR) is 84.0 cm³/mol. The molecule has 19 heavy (non-hydrogen) atoms. The van der Waals surface area contributed by atoms with Gasteiger partial charge in [0.15, 0.2) is 0 Å². The Kier molecular flexibility index (Phi) is 5.30. The highest BCUT2D eigenvalue weighted by Crippen LogP contribution is 2.33. The lowest BCUT2D eigenvalue weighted by Crippen LogP contribution is -2.32. The molecule has 104 valence electrons. The van der Waals surface area contributed by atoms with E-state index in [1.807, 2.05) is 23.1 Å². The van der Waals surface area contributed by atoms with Crippen LogP contribution in [0.5, 0.6) is 5.75 Å². The summed E-state index contributed by atoms with van der Waals surface area (Å²) in [7, 11) is 1.68. The first kappa shape index (κ1) is 14.4. The Hall–Kier alpha value is -0.980. The zero-order valence-corrected chi connectivity index (χ0v) is 13.2. The van der Waals surface area contributed by atoms with Crippen molar-refractivity contribution < 1.29 is 9.53 Å². The smallest absolute Gasteiger partial charge is 0.318 e. The van der Waals surface area contributed by atoms with E-state index < -0.39 is 0 Å². The van der Waals surface area contributed by atoms with E-state index in [4.69, 9.17) is 4.74 Å². The molecule has 0 bridgehead atoms. The van der Waals surface area contributed by atoms with Crippen LogP contribution in [0.25, 0.3) is 0 Å². The van der Waals surface area contributed by atoms with Crippen molar-refractivity contribution in [2.75, 3.05) is 24.6 Å². The van der Waals surface area contributed by atoms with Gasteiger partial charge in [-0.2, -0.15) is 0 Å². The van der Waals surface area contributed by atoms with Crippen molar-refractivity contribution in [1.82, 2.24) is 10.2 Å². The van der Waals surface area contributed by atoms with Crippen molar-refractivity contribution >= 4 is 28.6 Å². The van der Waals surface area contributed by atoms with E-state index in [-0.39, 0.29) is 12.1 Å². The van der Waals surface area contributed by atoms with Gasteiger partial charge in [-0.15, -0.1) is 0 Å². The number of rotatable bonds is 6. The number of ether oxygens (including phenoxy) is 1. The highest BCUT2D eigenvalue weighted by atomic mass is 127. The summed E-state index contributed by atoms with van der Waals surface area (Å²) in [5, 5.41) is 2.88. The summed E-state index contributed by atoms with van der Waals surface area (Å²) in [4.78, 5) is 13.8. The minimum Gasteiger partial charge on any atom is -0.496 e. The largest absolute Gasteiger partial charge is 0.496 e. The Bertz CT molecular complexity index is 439. The molecule has 2 amide bonds. The van der Waals surface area contributed by atoms with Crippen molar-refractivity contribution in [3.8, 4) is 5.75 Å². The van der Waals surface area contributed by atoms with Crippen LogP contribution in [-0.4, -0.2) is 35.6 Å². The molecule has 1 aliphatic heterocycles. The molecule has 1 saturated heterocycles. The number of benzene rings is 1. The lowest BCUT2D eigenvalue weighted by molar-refractivity contribution is 0.193. The summed E-state index contributed by atoms with van der Waals surface area (Å²) in [5.74, 6) is 0.862. The number of carbonyl (C=O) groups is 1. The minimum absolute atomic E-state index is 0.0318. The zero-order valence-electron chi connectivity index (χ0n) is 11.1. The lowest BCUT2D eigenvalue weighted by Gasteiger charge is -2.28. The van der Waals surface area contributed by atoms with Gasteiger partial charge in [0.1, 0.15) is 5.75 Å². The predicted octanol–water partition coefficient (Wildman–Crippen LogP) is 2.98. The second kappa shape index (κ2) is 6.98. The van der Waals surface area contributed by atoms with Crippen LogP contribution in [0.4, 0.5) is 4.79 Å². The Balaban J connectivity index is 2.28. The third-order valence-corrected chi connectivity index (χ3v) is 4.14. The third-order valence-electron chi connectivity index (χ3n) is 3.38. The molecule has 0 aliphatic carbocycles. The topological polar surface area (TPSA) is 41.6 Å². The summed E-state index contributed by atoms with van der Waals surface area (Å²) in [6.45, 7) is 1.50. The van der Waals surface area contributed by atoms with Gasteiger partial charge in [0, 0.05) is 18.7 Å². The zero-order chi connectivity index (χ0) is 13.7. The number of halogens is 1. The molecule has 1 aliphatic rings. The molecular formula is C14H19IN2O2.